The van der Waals surface area contributed by atoms with Gasteiger partial charge in [0.1, 0.15) is 0 Å². The Morgan fingerprint density at radius 3 is 2.62 bits per heavy atom. The molecular formula is C16H18BrClN4O2. The molecule has 0 aliphatic rings. The van der Waals surface area contributed by atoms with Gasteiger partial charge in [-0.2, -0.15) is 0 Å². The van der Waals surface area contributed by atoms with Gasteiger partial charge in [0.25, 0.3) is 0 Å². The Morgan fingerprint density at radius 2 is 1.92 bits per heavy atom. The molecule has 0 bridgehead atoms. The van der Waals surface area contributed by atoms with Crippen LogP contribution in [0.15, 0.2) is 40.9 Å². The minimum absolute atomic E-state index is 0.198. The molecule has 0 aliphatic carbocycles. The van der Waals surface area contributed by atoms with Crippen LogP contribution >= 0.6 is 27.5 Å². The van der Waals surface area contributed by atoms with Crippen LogP contribution < -0.4 is 21.7 Å². The van der Waals surface area contributed by atoms with Gasteiger partial charge in [0, 0.05) is 45.2 Å². The topological polar surface area (TPSA) is 99.4 Å². The first-order valence-corrected chi connectivity index (χ1v) is 8.40. The second-order valence-corrected chi connectivity index (χ2v) is 6.33. The predicted octanol–water partition coefficient (Wildman–Crippen LogP) is 3.61. The van der Waals surface area contributed by atoms with Crippen LogP contribution in [0.1, 0.15) is 5.56 Å². The standard InChI is InChI=1S/C16H18BrClN4O2/c17-11-5-13(20-4-3-19)8-14(6-11)21-16(24)22-15-7-12(18)2-1-10(15)9-23/h1-2,5-8,20,23H,3-4,9,19H2,(H2,21,22,24). The lowest BCUT2D eigenvalue weighted by Crippen LogP contribution is -2.20. The number of carbonyl (C=O) groups is 1. The van der Waals surface area contributed by atoms with Crippen LogP contribution in [-0.2, 0) is 6.61 Å². The monoisotopic (exact) mass is 412 g/mol. The summed E-state index contributed by atoms with van der Waals surface area (Å²) in [4.78, 5) is 12.2. The number of amides is 2. The van der Waals surface area contributed by atoms with Crippen molar-refractivity contribution < 1.29 is 9.90 Å². The van der Waals surface area contributed by atoms with E-state index in [4.69, 9.17) is 17.3 Å². The van der Waals surface area contributed by atoms with Crippen molar-refractivity contribution in [1.82, 2.24) is 0 Å². The van der Waals surface area contributed by atoms with Gasteiger partial charge >= 0.3 is 6.03 Å². The van der Waals surface area contributed by atoms with E-state index in [1.165, 1.54) is 0 Å². The zero-order valence-corrected chi connectivity index (χ0v) is 15.1. The van der Waals surface area contributed by atoms with Crippen LogP contribution in [0.2, 0.25) is 5.02 Å². The summed E-state index contributed by atoms with van der Waals surface area (Å²) in [5.74, 6) is 0. The van der Waals surface area contributed by atoms with Crippen molar-refractivity contribution in [1.29, 1.82) is 0 Å². The third-order valence-corrected chi connectivity index (χ3v) is 3.81. The summed E-state index contributed by atoms with van der Waals surface area (Å²) >= 11 is 9.33. The molecule has 0 unspecified atom stereocenters. The fourth-order valence-electron chi connectivity index (χ4n) is 2.07. The molecule has 2 aromatic carbocycles. The Morgan fingerprint density at radius 1 is 1.17 bits per heavy atom. The molecule has 0 atom stereocenters. The Labute approximate surface area is 153 Å². The maximum absolute atomic E-state index is 12.2. The van der Waals surface area contributed by atoms with Gasteiger partial charge in [-0.05, 0) is 30.3 Å². The number of carbonyl (C=O) groups excluding carboxylic acids is 1. The van der Waals surface area contributed by atoms with Crippen LogP contribution in [0.5, 0.6) is 0 Å². The molecular weight excluding hydrogens is 396 g/mol. The minimum Gasteiger partial charge on any atom is -0.392 e. The largest absolute Gasteiger partial charge is 0.392 e. The van der Waals surface area contributed by atoms with Crippen LogP contribution in [0.4, 0.5) is 21.9 Å². The van der Waals surface area contributed by atoms with Gasteiger partial charge in [-0.3, -0.25) is 0 Å². The van der Waals surface area contributed by atoms with Crippen LogP contribution in [-0.4, -0.2) is 24.2 Å². The Balaban J connectivity index is 2.10. The SMILES string of the molecule is NCCNc1cc(Br)cc(NC(=O)Nc2cc(Cl)ccc2CO)c1. The molecule has 6 N–H and O–H groups in total. The first-order chi connectivity index (χ1) is 11.5. The quantitative estimate of drug-likeness (QED) is 0.499. The maximum Gasteiger partial charge on any atom is 0.323 e. The van der Waals surface area contributed by atoms with Crippen molar-refractivity contribution in [2.75, 3.05) is 29.0 Å². The lowest BCUT2D eigenvalue weighted by Gasteiger charge is -2.13. The molecule has 0 radical (unpaired) electrons. The lowest BCUT2D eigenvalue weighted by molar-refractivity contribution is 0.262. The van der Waals surface area contributed by atoms with Crippen LogP contribution in [0, 0.1) is 0 Å². The van der Waals surface area contributed by atoms with Gasteiger partial charge in [0.15, 0.2) is 0 Å². The molecule has 0 aromatic heterocycles. The summed E-state index contributed by atoms with van der Waals surface area (Å²) in [6, 6.07) is 9.92. The van der Waals surface area contributed by atoms with Gasteiger partial charge in [-0.15, -0.1) is 0 Å². The third-order valence-electron chi connectivity index (χ3n) is 3.12. The molecule has 2 aromatic rings. The molecule has 8 heteroatoms. The molecule has 6 nitrogen and oxygen atoms in total. The normalized spacial score (nSPS) is 10.3. The Bertz CT molecular complexity index is 727. The molecule has 2 rings (SSSR count). The average Bonchev–Trinajstić information content (AvgIpc) is 2.52. The van der Waals surface area contributed by atoms with Crippen molar-refractivity contribution in [3.8, 4) is 0 Å². The zero-order chi connectivity index (χ0) is 17.5. The van der Waals surface area contributed by atoms with E-state index >= 15 is 0 Å². The van der Waals surface area contributed by atoms with Gasteiger partial charge in [-0.1, -0.05) is 33.6 Å². The van der Waals surface area contributed by atoms with E-state index in [1.807, 2.05) is 6.07 Å². The highest BCUT2D eigenvalue weighted by Crippen LogP contribution is 2.24. The molecule has 0 heterocycles. The molecule has 0 aliphatic heterocycles. The number of nitrogens with two attached hydrogens (primary N) is 1. The van der Waals surface area contributed by atoms with E-state index in [1.54, 1.807) is 30.3 Å². The number of hydrogen-bond donors (Lipinski definition) is 5. The molecule has 2 amide bonds. The number of urea groups is 1. The molecule has 0 spiro atoms. The van der Waals surface area contributed by atoms with Gasteiger partial charge < -0.3 is 26.8 Å². The Kier molecular flexibility index (Phi) is 6.86. The van der Waals surface area contributed by atoms with E-state index in [0.717, 1.165) is 10.2 Å². The van der Waals surface area contributed by atoms with Gasteiger partial charge in [0.05, 0.1) is 6.61 Å². The second-order valence-electron chi connectivity index (χ2n) is 4.98. The predicted molar refractivity (Wildman–Crippen MR) is 102 cm³/mol. The summed E-state index contributed by atoms with van der Waals surface area (Å²) in [5, 5.41) is 18.4. The highest BCUT2D eigenvalue weighted by atomic mass is 79.9. The van der Waals surface area contributed by atoms with Crippen LogP contribution in [0.25, 0.3) is 0 Å². The van der Waals surface area contributed by atoms with E-state index in [-0.39, 0.29) is 6.61 Å². The van der Waals surface area contributed by atoms with Crippen molar-refractivity contribution in [2.45, 2.75) is 6.61 Å². The first kappa shape index (κ1) is 18.5. The average molecular weight is 414 g/mol. The number of rotatable bonds is 6. The summed E-state index contributed by atoms with van der Waals surface area (Å²) in [6.07, 6.45) is 0. The molecule has 0 fully saturated rings. The number of halogens is 2. The summed E-state index contributed by atoms with van der Waals surface area (Å²) in [5.41, 5.74) is 7.95. The molecule has 0 saturated carbocycles. The second kappa shape index (κ2) is 8.89. The molecule has 24 heavy (non-hydrogen) atoms. The number of aliphatic hydroxyl groups excluding tert-OH is 1. The minimum atomic E-state index is -0.435. The maximum atomic E-state index is 12.2. The highest BCUT2D eigenvalue weighted by Gasteiger charge is 2.08. The number of benzene rings is 2. The van der Waals surface area contributed by atoms with Gasteiger partial charge in [-0.25, -0.2) is 4.79 Å². The molecule has 128 valence electrons. The van der Waals surface area contributed by atoms with Crippen LogP contribution in [0.3, 0.4) is 0 Å². The molecule has 0 saturated heterocycles. The van der Waals surface area contributed by atoms with Crippen molar-refractivity contribution in [3.05, 3.63) is 51.5 Å². The van der Waals surface area contributed by atoms with Gasteiger partial charge in [0.2, 0.25) is 0 Å². The van der Waals surface area contributed by atoms with E-state index in [0.29, 0.717) is 35.1 Å². The summed E-state index contributed by atoms with van der Waals surface area (Å²) in [7, 11) is 0. The number of hydrogen-bond acceptors (Lipinski definition) is 4. The van der Waals surface area contributed by atoms with Crippen molar-refractivity contribution in [2.24, 2.45) is 5.73 Å². The third kappa shape index (κ3) is 5.38. The Hall–Kier alpha value is -1.80. The fourth-order valence-corrected chi connectivity index (χ4v) is 2.73. The first-order valence-electron chi connectivity index (χ1n) is 7.23. The van der Waals surface area contributed by atoms with E-state index < -0.39 is 6.03 Å². The van der Waals surface area contributed by atoms with Crippen molar-refractivity contribution >= 4 is 50.6 Å². The lowest BCUT2D eigenvalue weighted by atomic mass is 10.2. The zero-order valence-electron chi connectivity index (χ0n) is 12.8. The summed E-state index contributed by atoms with van der Waals surface area (Å²) < 4.78 is 0.818. The highest BCUT2D eigenvalue weighted by molar-refractivity contribution is 9.10. The smallest absolute Gasteiger partial charge is 0.323 e. The van der Waals surface area contributed by atoms with E-state index in [9.17, 15) is 9.90 Å². The fraction of sp³-hybridized carbons (Fsp3) is 0.188. The number of anilines is 3. The number of aliphatic hydroxyl groups is 1. The van der Waals surface area contributed by atoms with E-state index in [2.05, 4.69) is 31.9 Å². The number of nitrogens with one attached hydrogen (secondary N) is 3. The van der Waals surface area contributed by atoms with Crippen molar-refractivity contribution in [3.63, 3.8) is 0 Å². The summed E-state index contributed by atoms with van der Waals surface area (Å²) in [6.45, 7) is 0.940.